The molecule has 0 saturated carbocycles. The quantitative estimate of drug-likeness (QED) is 0.435. The molecule has 0 atom stereocenters. The van der Waals surface area contributed by atoms with Gasteiger partial charge in [-0.1, -0.05) is 6.07 Å². The Morgan fingerprint density at radius 2 is 1.97 bits per heavy atom. The van der Waals surface area contributed by atoms with Crippen LogP contribution in [0, 0.1) is 18.6 Å². The molecule has 6 heteroatoms. The van der Waals surface area contributed by atoms with Gasteiger partial charge in [0.2, 0.25) is 0 Å². The SMILES string of the molecule is Cc1cc2c(OCCNCc3cncc(-c4cc(F)ccc4F)c3)cccc2[nH]1. The third kappa shape index (κ3) is 4.43. The Hall–Kier alpha value is -3.25. The molecule has 0 radical (unpaired) electrons. The predicted molar refractivity (Wildman–Crippen MR) is 110 cm³/mol. The first kappa shape index (κ1) is 19.1. The normalized spacial score (nSPS) is 11.1. The third-order valence-corrected chi connectivity index (χ3v) is 4.66. The molecule has 0 amide bonds. The van der Waals surface area contributed by atoms with Crippen molar-refractivity contribution in [3.05, 3.63) is 83.8 Å². The van der Waals surface area contributed by atoms with Gasteiger partial charge in [0.1, 0.15) is 24.0 Å². The van der Waals surface area contributed by atoms with E-state index < -0.39 is 11.6 Å². The Morgan fingerprint density at radius 3 is 2.86 bits per heavy atom. The lowest BCUT2D eigenvalue weighted by atomic mass is 10.1. The fourth-order valence-corrected chi connectivity index (χ4v) is 3.31. The van der Waals surface area contributed by atoms with Crippen molar-refractivity contribution in [2.45, 2.75) is 13.5 Å². The van der Waals surface area contributed by atoms with Crippen LogP contribution in [0.25, 0.3) is 22.0 Å². The van der Waals surface area contributed by atoms with Crippen molar-refractivity contribution < 1.29 is 13.5 Å². The molecule has 2 heterocycles. The third-order valence-electron chi connectivity index (χ3n) is 4.66. The van der Waals surface area contributed by atoms with Crippen LogP contribution in [0.4, 0.5) is 8.78 Å². The number of hydrogen-bond acceptors (Lipinski definition) is 3. The lowest BCUT2D eigenvalue weighted by Gasteiger charge is -2.10. The van der Waals surface area contributed by atoms with Gasteiger partial charge in [-0.25, -0.2) is 8.78 Å². The summed E-state index contributed by atoms with van der Waals surface area (Å²) in [6.45, 7) is 3.71. The summed E-state index contributed by atoms with van der Waals surface area (Å²) in [6, 6.07) is 13.2. The van der Waals surface area contributed by atoms with Crippen molar-refractivity contribution in [1.82, 2.24) is 15.3 Å². The molecule has 2 N–H and O–H groups in total. The van der Waals surface area contributed by atoms with Crippen LogP contribution in [0.3, 0.4) is 0 Å². The van der Waals surface area contributed by atoms with Crippen LogP contribution in [0.5, 0.6) is 5.75 Å². The molecule has 0 spiro atoms. The van der Waals surface area contributed by atoms with Gasteiger partial charge in [0.15, 0.2) is 0 Å². The van der Waals surface area contributed by atoms with Crippen molar-refractivity contribution in [2.75, 3.05) is 13.2 Å². The number of pyridine rings is 1. The summed E-state index contributed by atoms with van der Waals surface area (Å²) in [5.41, 5.74) is 3.79. The Labute approximate surface area is 167 Å². The largest absolute Gasteiger partial charge is 0.492 e. The number of aromatic amines is 1. The maximum Gasteiger partial charge on any atom is 0.131 e. The maximum absolute atomic E-state index is 14.0. The highest BCUT2D eigenvalue weighted by atomic mass is 19.1. The van der Waals surface area contributed by atoms with Gasteiger partial charge in [-0.05, 0) is 55.0 Å². The van der Waals surface area contributed by atoms with Crippen LogP contribution in [0.15, 0.2) is 60.9 Å². The summed E-state index contributed by atoms with van der Waals surface area (Å²) in [7, 11) is 0. The standard InChI is InChI=1S/C23H21F2N3O/c1-15-9-20-22(28-15)3-2-4-23(20)29-8-7-26-12-16-10-17(14-27-13-16)19-11-18(24)5-6-21(19)25/h2-6,9-11,13-14,26,28H,7-8,12H2,1H3. The van der Waals surface area contributed by atoms with E-state index in [0.29, 0.717) is 25.3 Å². The Kier molecular flexibility index (Phi) is 5.53. The monoisotopic (exact) mass is 393 g/mol. The predicted octanol–water partition coefficient (Wildman–Crippen LogP) is 4.99. The Balaban J connectivity index is 1.33. The zero-order valence-corrected chi connectivity index (χ0v) is 16.0. The van der Waals surface area contributed by atoms with Gasteiger partial charge >= 0.3 is 0 Å². The number of nitrogens with zero attached hydrogens (tertiary/aromatic N) is 1. The van der Waals surface area contributed by atoms with Gasteiger partial charge < -0.3 is 15.0 Å². The van der Waals surface area contributed by atoms with Crippen LogP contribution < -0.4 is 10.1 Å². The molecule has 2 aromatic carbocycles. The molecule has 0 aliphatic carbocycles. The molecule has 2 aromatic heterocycles. The molecule has 0 bridgehead atoms. The average Bonchev–Trinajstić information content (AvgIpc) is 3.11. The van der Waals surface area contributed by atoms with Crippen LogP contribution in [0.1, 0.15) is 11.3 Å². The number of rotatable bonds is 7. The highest BCUT2D eigenvalue weighted by molar-refractivity contribution is 5.86. The highest BCUT2D eigenvalue weighted by Gasteiger charge is 2.08. The average molecular weight is 393 g/mol. The molecule has 4 nitrogen and oxygen atoms in total. The van der Waals surface area contributed by atoms with E-state index in [4.69, 9.17) is 4.74 Å². The van der Waals surface area contributed by atoms with Gasteiger partial charge in [0.25, 0.3) is 0 Å². The molecule has 0 fully saturated rings. The summed E-state index contributed by atoms with van der Waals surface area (Å²) >= 11 is 0. The molecule has 4 rings (SSSR count). The van der Waals surface area contributed by atoms with Crippen molar-refractivity contribution in [1.29, 1.82) is 0 Å². The first-order chi connectivity index (χ1) is 14.1. The number of aromatic nitrogens is 2. The van der Waals surface area contributed by atoms with Gasteiger partial charge in [0, 0.05) is 53.2 Å². The van der Waals surface area contributed by atoms with Crippen molar-refractivity contribution >= 4 is 10.9 Å². The molecule has 0 aliphatic heterocycles. The number of halogens is 2. The lowest BCUT2D eigenvalue weighted by Crippen LogP contribution is -2.20. The zero-order valence-electron chi connectivity index (χ0n) is 16.0. The second kappa shape index (κ2) is 8.41. The molecule has 4 aromatic rings. The van der Waals surface area contributed by atoms with E-state index in [0.717, 1.165) is 40.0 Å². The van der Waals surface area contributed by atoms with Gasteiger partial charge in [0.05, 0.1) is 0 Å². The number of hydrogen-bond donors (Lipinski definition) is 2. The first-order valence-electron chi connectivity index (χ1n) is 9.41. The molecule has 148 valence electrons. The van der Waals surface area contributed by atoms with Gasteiger partial charge in [-0.2, -0.15) is 0 Å². The van der Waals surface area contributed by atoms with Crippen molar-refractivity contribution in [3.63, 3.8) is 0 Å². The van der Waals surface area contributed by atoms with E-state index in [1.54, 1.807) is 6.20 Å². The minimum atomic E-state index is -0.477. The van der Waals surface area contributed by atoms with E-state index in [2.05, 4.69) is 21.4 Å². The number of H-pyrrole nitrogens is 1. The van der Waals surface area contributed by atoms with Crippen molar-refractivity contribution in [2.24, 2.45) is 0 Å². The van der Waals surface area contributed by atoms with E-state index in [-0.39, 0.29) is 5.56 Å². The van der Waals surface area contributed by atoms with Crippen LogP contribution in [-0.4, -0.2) is 23.1 Å². The minimum absolute atomic E-state index is 0.206. The number of fused-ring (bicyclic) bond motifs is 1. The Morgan fingerprint density at radius 1 is 1.07 bits per heavy atom. The van der Waals surface area contributed by atoms with Gasteiger partial charge in [-0.15, -0.1) is 0 Å². The molecule has 0 unspecified atom stereocenters. The summed E-state index contributed by atoms with van der Waals surface area (Å²) < 4.78 is 33.3. The fraction of sp³-hybridized carbons (Fsp3) is 0.174. The number of aryl methyl sites for hydroxylation is 1. The summed E-state index contributed by atoms with van der Waals surface area (Å²) in [5.74, 6) is -0.102. The highest BCUT2D eigenvalue weighted by Crippen LogP contribution is 2.26. The van der Waals surface area contributed by atoms with Crippen LogP contribution in [-0.2, 0) is 6.54 Å². The second-order valence-electron chi connectivity index (χ2n) is 6.90. The summed E-state index contributed by atoms with van der Waals surface area (Å²) in [5, 5.41) is 4.36. The number of ether oxygens (including phenoxy) is 1. The summed E-state index contributed by atoms with van der Waals surface area (Å²) in [6.07, 6.45) is 3.24. The van der Waals surface area contributed by atoms with Crippen LogP contribution >= 0.6 is 0 Å². The fourth-order valence-electron chi connectivity index (χ4n) is 3.31. The topological polar surface area (TPSA) is 49.9 Å². The van der Waals surface area contributed by atoms with E-state index in [1.807, 2.05) is 31.2 Å². The number of benzene rings is 2. The van der Waals surface area contributed by atoms with E-state index in [1.165, 1.54) is 12.3 Å². The molecule has 0 aliphatic rings. The Bertz CT molecular complexity index is 1140. The maximum atomic E-state index is 14.0. The van der Waals surface area contributed by atoms with Crippen LogP contribution in [0.2, 0.25) is 0 Å². The molecule has 0 saturated heterocycles. The molecular formula is C23H21F2N3O. The minimum Gasteiger partial charge on any atom is -0.492 e. The van der Waals surface area contributed by atoms with E-state index >= 15 is 0 Å². The zero-order chi connectivity index (χ0) is 20.2. The molecular weight excluding hydrogens is 372 g/mol. The van der Waals surface area contributed by atoms with Crippen molar-refractivity contribution in [3.8, 4) is 16.9 Å². The lowest BCUT2D eigenvalue weighted by molar-refractivity contribution is 0.317. The summed E-state index contributed by atoms with van der Waals surface area (Å²) in [4.78, 5) is 7.45. The second-order valence-corrected chi connectivity index (χ2v) is 6.90. The smallest absolute Gasteiger partial charge is 0.131 e. The first-order valence-corrected chi connectivity index (χ1v) is 9.41. The van der Waals surface area contributed by atoms with Gasteiger partial charge in [-0.3, -0.25) is 4.98 Å². The number of nitrogens with one attached hydrogen (secondary N) is 2. The van der Waals surface area contributed by atoms with E-state index in [9.17, 15) is 8.78 Å². The molecule has 29 heavy (non-hydrogen) atoms.